The standard InChI is InChI=1S/C65H74N20O11/c1-93-43-13-5-35(6-14-43)51(36-7-15-44(94-2)16-8-36)72-59-53-61(82(33-66-53)47-25-49(57(90)55(47)88)84-68-27-41(31-86)78-84)76-63(74-59)80-23-21-39(29-80)70-65(92)71-40-22-24-81(30-40)64-75-60(73-52(37-9-17-45(95-3)18-10-37)38-11-19-46(96-4)20-12-38)54-62(77-64)83(34-67-54)48-26-50(58(91)56(48)89)85-69-28-42(32-87)79-85/h5-20,27-28,33-34,39-40,47-52,55-58,86-91H,21-26,29-32H2,1-4H3,(H2,70,71,92)(H,72,74,76)(H,73,75,77)/t39?,40?,47-,48-,49?,50?,55?,56?,57-,58-/m0/s1. The number of carbonyl (C=O) groups excluding carboxylic acids is 1. The van der Waals surface area contributed by atoms with Crippen LogP contribution in [0.4, 0.5) is 28.3 Å². The van der Waals surface area contributed by atoms with E-state index in [1.807, 2.05) is 107 Å². The number of imidazole rings is 2. The molecular formula is C65H74N20O11. The summed E-state index contributed by atoms with van der Waals surface area (Å²) < 4.78 is 25.6. The van der Waals surface area contributed by atoms with Gasteiger partial charge in [-0.15, -0.1) is 0 Å². The Hall–Kier alpha value is -10.3. The molecule has 4 aromatic carbocycles. The molecule has 2 aliphatic heterocycles. The molecule has 6 aromatic heterocycles. The minimum absolute atomic E-state index is 0.209. The predicted octanol–water partition coefficient (Wildman–Crippen LogP) is 3.54. The van der Waals surface area contributed by atoms with Gasteiger partial charge in [-0.05, 0) is 96.5 Å². The zero-order valence-corrected chi connectivity index (χ0v) is 52.9. The Morgan fingerprint density at radius 2 is 0.844 bits per heavy atom. The molecule has 8 heterocycles. The molecule has 31 nitrogen and oxygen atoms in total. The normalized spacial score (nSPS) is 22.6. The number of urea groups is 1. The van der Waals surface area contributed by atoms with E-state index in [4.69, 9.17) is 48.9 Å². The quantitative estimate of drug-likeness (QED) is 0.0464. The lowest BCUT2D eigenvalue weighted by atomic mass is 9.98. The number of rotatable bonds is 22. The van der Waals surface area contributed by atoms with E-state index in [-0.39, 0.29) is 44.2 Å². The summed E-state index contributed by atoms with van der Waals surface area (Å²) >= 11 is 0. The molecule has 10 N–H and O–H groups in total. The number of carbonyl (C=O) groups is 1. The van der Waals surface area contributed by atoms with Crippen LogP contribution in [0.15, 0.2) is 122 Å². The number of methoxy groups -OCH3 is 4. The van der Waals surface area contributed by atoms with E-state index < -0.39 is 60.7 Å². The van der Waals surface area contributed by atoms with Crippen molar-refractivity contribution in [1.82, 2.24) is 79.7 Å². The lowest BCUT2D eigenvalue weighted by Gasteiger charge is -2.24. The van der Waals surface area contributed by atoms with Crippen LogP contribution in [0, 0.1) is 0 Å². The summed E-state index contributed by atoms with van der Waals surface area (Å²) in [6.07, 6.45) is 2.47. The fourth-order valence-corrected chi connectivity index (χ4v) is 13.6. The molecule has 2 saturated heterocycles. The van der Waals surface area contributed by atoms with Gasteiger partial charge in [0.15, 0.2) is 34.0 Å². The predicted molar refractivity (Wildman–Crippen MR) is 348 cm³/mol. The maximum Gasteiger partial charge on any atom is 0.315 e. The third kappa shape index (κ3) is 12.3. The van der Waals surface area contributed by atoms with Crippen molar-refractivity contribution in [3.8, 4) is 23.0 Å². The van der Waals surface area contributed by atoms with Crippen LogP contribution in [-0.4, -0.2) is 197 Å². The number of aliphatic hydroxyl groups excluding tert-OH is 6. The number of anilines is 4. The van der Waals surface area contributed by atoms with Gasteiger partial charge in [-0.2, -0.15) is 49.9 Å². The average molecular weight is 1310 g/mol. The van der Waals surface area contributed by atoms with Gasteiger partial charge in [0.2, 0.25) is 11.9 Å². The van der Waals surface area contributed by atoms with E-state index in [1.54, 1.807) is 50.2 Å². The molecule has 10 aromatic rings. The lowest BCUT2D eigenvalue weighted by Crippen LogP contribution is -2.48. The molecule has 2 aliphatic carbocycles. The number of benzene rings is 4. The van der Waals surface area contributed by atoms with Crippen molar-refractivity contribution in [2.24, 2.45) is 0 Å². The number of nitrogens with one attached hydrogen (secondary N) is 4. The van der Waals surface area contributed by atoms with Gasteiger partial charge in [-0.25, -0.2) is 14.8 Å². The topological polar surface area (TPSA) is 379 Å². The molecule has 0 radical (unpaired) electrons. The van der Waals surface area contributed by atoms with Crippen molar-refractivity contribution in [1.29, 1.82) is 0 Å². The fraction of sp³-hybridized carbons (Fsp3) is 0.400. The van der Waals surface area contributed by atoms with Gasteiger partial charge in [0.25, 0.3) is 0 Å². The second-order valence-electron chi connectivity index (χ2n) is 24.5. The van der Waals surface area contributed by atoms with Gasteiger partial charge < -0.3 is 89.8 Å². The molecule has 6 unspecified atom stereocenters. The summed E-state index contributed by atoms with van der Waals surface area (Å²) in [7, 11) is 6.45. The summed E-state index contributed by atoms with van der Waals surface area (Å²) in [6, 6.07) is 26.0. The lowest BCUT2D eigenvalue weighted by molar-refractivity contribution is 0.00491. The Morgan fingerprint density at radius 3 is 1.17 bits per heavy atom. The van der Waals surface area contributed by atoms with Gasteiger partial charge >= 0.3 is 6.03 Å². The molecule has 0 bridgehead atoms. The summed E-state index contributed by atoms with van der Waals surface area (Å²) in [4.78, 5) is 51.2. The second-order valence-corrected chi connectivity index (χ2v) is 24.5. The third-order valence-electron chi connectivity index (χ3n) is 18.8. The van der Waals surface area contributed by atoms with Crippen LogP contribution in [0.2, 0.25) is 0 Å². The van der Waals surface area contributed by atoms with Crippen LogP contribution in [0.5, 0.6) is 23.0 Å². The summed E-state index contributed by atoms with van der Waals surface area (Å²) in [5.74, 6) is 4.21. The summed E-state index contributed by atoms with van der Waals surface area (Å²) in [6.45, 7) is 0.958. The van der Waals surface area contributed by atoms with Crippen LogP contribution >= 0.6 is 0 Å². The summed E-state index contributed by atoms with van der Waals surface area (Å²) in [5.41, 5.74) is 5.82. The highest BCUT2D eigenvalue weighted by Gasteiger charge is 2.47. The molecule has 500 valence electrons. The third-order valence-corrected chi connectivity index (χ3v) is 18.8. The Bertz CT molecular complexity index is 3980. The number of hydrogen-bond acceptors (Lipinski definition) is 25. The maximum absolute atomic E-state index is 14.2. The van der Waals surface area contributed by atoms with E-state index >= 15 is 0 Å². The van der Waals surface area contributed by atoms with Crippen molar-refractivity contribution in [3.63, 3.8) is 0 Å². The van der Waals surface area contributed by atoms with Gasteiger partial charge in [-0.3, -0.25) is 0 Å². The number of hydrogen-bond donors (Lipinski definition) is 10. The zero-order chi connectivity index (χ0) is 66.3. The van der Waals surface area contributed by atoms with Gasteiger partial charge in [0.05, 0.1) is 90.9 Å². The minimum atomic E-state index is -1.27. The summed E-state index contributed by atoms with van der Waals surface area (Å²) in [5, 5.41) is 97.0. The molecule has 2 saturated carbocycles. The van der Waals surface area contributed by atoms with Crippen LogP contribution in [-0.2, 0) is 13.2 Å². The first-order chi connectivity index (χ1) is 46.8. The molecular weight excluding hydrogens is 1240 g/mol. The van der Waals surface area contributed by atoms with E-state index in [9.17, 15) is 35.4 Å². The van der Waals surface area contributed by atoms with Crippen molar-refractivity contribution < 1.29 is 54.4 Å². The van der Waals surface area contributed by atoms with E-state index in [2.05, 4.69) is 41.7 Å². The largest absolute Gasteiger partial charge is 0.497 e. The van der Waals surface area contributed by atoms with Crippen LogP contribution < -0.4 is 50.0 Å². The molecule has 96 heavy (non-hydrogen) atoms. The molecule has 2 amide bonds. The van der Waals surface area contributed by atoms with E-state index in [1.165, 1.54) is 22.0 Å². The Labute approximate surface area is 549 Å². The minimum Gasteiger partial charge on any atom is -0.497 e. The molecule has 14 rings (SSSR count). The monoisotopic (exact) mass is 1310 g/mol. The maximum atomic E-state index is 14.2. The van der Waals surface area contributed by atoms with Gasteiger partial charge in [-0.1, -0.05) is 48.5 Å². The fourth-order valence-electron chi connectivity index (χ4n) is 13.6. The molecule has 10 atom stereocenters. The number of amides is 2. The Morgan fingerprint density at radius 1 is 0.500 bits per heavy atom. The first-order valence-electron chi connectivity index (χ1n) is 31.7. The number of fused-ring (bicyclic) bond motifs is 2. The highest BCUT2D eigenvalue weighted by Crippen LogP contribution is 2.43. The molecule has 4 fully saturated rings. The number of nitrogens with zero attached hydrogens (tertiary/aromatic N) is 16. The average Bonchev–Trinajstić information content (AvgIpc) is 1.59. The van der Waals surface area contributed by atoms with Gasteiger partial charge in [0, 0.05) is 38.3 Å². The first-order valence-corrected chi connectivity index (χ1v) is 31.7. The molecule has 0 spiro atoms. The Kier molecular flexibility index (Phi) is 17.6. The van der Waals surface area contributed by atoms with Crippen LogP contribution in [0.3, 0.4) is 0 Å². The Balaban J connectivity index is 0.727. The van der Waals surface area contributed by atoms with Crippen molar-refractivity contribution in [2.45, 2.75) is 112 Å². The first kappa shape index (κ1) is 63.1. The number of aromatic nitrogens is 14. The second kappa shape index (κ2) is 26.8. The van der Waals surface area contributed by atoms with E-state index in [0.29, 0.717) is 119 Å². The molecule has 4 aliphatic rings. The number of ether oxygens (including phenoxy) is 4. The van der Waals surface area contributed by atoms with Crippen molar-refractivity contribution >= 4 is 51.9 Å². The van der Waals surface area contributed by atoms with Crippen molar-refractivity contribution in [3.05, 3.63) is 156 Å². The molecule has 31 heteroatoms. The number of aliphatic hydroxyl groups is 6. The van der Waals surface area contributed by atoms with Crippen molar-refractivity contribution in [2.75, 3.05) is 75.1 Å². The highest BCUT2D eigenvalue weighted by molar-refractivity contribution is 5.86. The smallest absolute Gasteiger partial charge is 0.315 e. The van der Waals surface area contributed by atoms with Crippen LogP contribution in [0.25, 0.3) is 22.3 Å². The highest BCUT2D eigenvalue weighted by atomic mass is 16.5. The van der Waals surface area contributed by atoms with Crippen LogP contribution in [0.1, 0.15) is 95.6 Å². The SMILES string of the molecule is COc1ccc(C(Nc2nc(N3CCC(NC(=O)NC4CCN(c5nc(NC(c6ccc(OC)cc6)c6ccc(OC)cc6)c6ncn([C@H]7CC(n8ncc(CO)n8)[C@H](O)C7O)c6n5)C4)C3)nc3c2ncn3[C@H]2CC(n3ncc(CO)n3)[C@H](O)C2O)c2ccc(OC)cc2)cc1. The zero-order valence-electron chi connectivity index (χ0n) is 52.9. The van der Waals surface area contributed by atoms with Gasteiger partial charge in [0.1, 0.15) is 70.9 Å². The van der Waals surface area contributed by atoms with E-state index in [0.717, 1.165) is 22.3 Å².